The van der Waals surface area contributed by atoms with Crippen LogP contribution in [0.2, 0.25) is 0 Å². The topological polar surface area (TPSA) is 70.8 Å². The molecular weight excluding hydrogens is 326 g/mol. The standard InChI is InChI=1S/C18H19NO4S/c1-11(2)9-13(20)15-16(14-6-3-7-23-14)19(18(22)17(15)21)10-12-5-4-8-24-12/h3-8,11,16,21H,9-10H2,1-2H3. The number of amides is 1. The average molecular weight is 345 g/mol. The highest BCUT2D eigenvalue weighted by Crippen LogP contribution is 2.40. The van der Waals surface area contributed by atoms with Gasteiger partial charge in [0.15, 0.2) is 11.5 Å². The van der Waals surface area contributed by atoms with Crippen molar-refractivity contribution < 1.29 is 19.1 Å². The van der Waals surface area contributed by atoms with Crippen LogP contribution < -0.4 is 0 Å². The molecule has 0 aromatic carbocycles. The lowest BCUT2D eigenvalue weighted by atomic mass is 9.95. The number of nitrogens with zero attached hydrogens (tertiary/aromatic N) is 1. The van der Waals surface area contributed by atoms with Crippen LogP contribution in [0.15, 0.2) is 51.7 Å². The molecule has 0 saturated heterocycles. The zero-order valence-corrected chi connectivity index (χ0v) is 14.4. The molecule has 1 unspecified atom stereocenters. The summed E-state index contributed by atoms with van der Waals surface area (Å²) in [5, 5.41) is 12.3. The van der Waals surface area contributed by atoms with Gasteiger partial charge in [-0.25, -0.2) is 0 Å². The van der Waals surface area contributed by atoms with Crippen molar-refractivity contribution in [2.45, 2.75) is 32.9 Å². The number of hydrogen-bond donors (Lipinski definition) is 1. The van der Waals surface area contributed by atoms with Gasteiger partial charge in [-0.2, -0.15) is 0 Å². The molecule has 1 aliphatic rings. The lowest BCUT2D eigenvalue weighted by Gasteiger charge is -2.24. The lowest BCUT2D eigenvalue weighted by molar-refractivity contribution is -0.130. The molecule has 126 valence electrons. The van der Waals surface area contributed by atoms with Gasteiger partial charge in [0.05, 0.1) is 18.4 Å². The second-order valence-electron chi connectivity index (χ2n) is 6.21. The number of aliphatic hydroxyl groups is 1. The minimum atomic E-state index is -0.680. The van der Waals surface area contributed by atoms with E-state index in [0.717, 1.165) is 4.88 Å². The van der Waals surface area contributed by atoms with E-state index < -0.39 is 17.7 Å². The van der Waals surface area contributed by atoms with E-state index in [1.807, 2.05) is 31.4 Å². The summed E-state index contributed by atoms with van der Waals surface area (Å²) in [7, 11) is 0. The minimum Gasteiger partial charge on any atom is -0.503 e. The van der Waals surface area contributed by atoms with Crippen molar-refractivity contribution in [2.75, 3.05) is 0 Å². The molecule has 0 spiro atoms. The fourth-order valence-electron chi connectivity index (χ4n) is 2.90. The van der Waals surface area contributed by atoms with Gasteiger partial charge in [0.25, 0.3) is 5.91 Å². The van der Waals surface area contributed by atoms with Gasteiger partial charge in [0.2, 0.25) is 0 Å². The SMILES string of the molecule is CC(C)CC(=O)C1=C(O)C(=O)N(Cc2cccs2)C1c1ccco1. The Morgan fingerprint density at radius 2 is 2.17 bits per heavy atom. The van der Waals surface area contributed by atoms with Crippen molar-refractivity contribution >= 4 is 23.0 Å². The van der Waals surface area contributed by atoms with Gasteiger partial charge >= 0.3 is 0 Å². The van der Waals surface area contributed by atoms with Gasteiger partial charge in [-0.05, 0) is 29.5 Å². The first-order valence-electron chi connectivity index (χ1n) is 7.82. The van der Waals surface area contributed by atoms with Crippen LogP contribution in [0.1, 0.15) is 36.9 Å². The van der Waals surface area contributed by atoms with Crippen molar-refractivity contribution in [3.63, 3.8) is 0 Å². The van der Waals surface area contributed by atoms with Gasteiger partial charge < -0.3 is 14.4 Å². The maximum absolute atomic E-state index is 12.6. The Kier molecular flexibility index (Phi) is 4.57. The third-order valence-electron chi connectivity index (χ3n) is 3.92. The smallest absolute Gasteiger partial charge is 0.290 e. The second-order valence-corrected chi connectivity index (χ2v) is 7.25. The van der Waals surface area contributed by atoms with Gasteiger partial charge in [-0.15, -0.1) is 11.3 Å². The molecule has 24 heavy (non-hydrogen) atoms. The fourth-order valence-corrected chi connectivity index (χ4v) is 3.60. The highest BCUT2D eigenvalue weighted by molar-refractivity contribution is 7.09. The minimum absolute atomic E-state index is 0.136. The van der Waals surface area contributed by atoms with E-state index in [9.17, 15) is 14.7 Å². The molecule has 1 amide bonds. The third kappa shape index (κ3) is 3.01. The molecule has 1 N–H and O–H groups in total. The number of carbonyl (C=O) groups excluding carboxylic acids is 2. The van der Waals surface area contributed by atoms with Crippen LogP contribution in [-0.2, 0) is 16.1 Å². The normalized spacial score (nSPS) is 18.0. The van der Waals surface area contributed by atoms with Crippen LogP contribution >= 0.6 is 11.3 Å². The van der Waals surface area contributed by atoms with E-state index in [-0.39, 0.29) is 23.7 Å². The van der Waals surface area contributed by atoms with Crippen LogP contribution in [-0.4, -0.2) is 21.7 Å². The molecule has 3 rings (SSSR count). The molecule has 0 aliphatic carbocycles. The van der Waals surface area contributed by atoms with Crippen LogP contribution in [0, 0.1) is 5.92 Å². The molecule has 0 fully saturated rings. The first kappa shape index (κ1) is 16.5. The first-order chi connectivity index (χ1) is 11.5. The van der Waals surface area contributed by atoms with Crippen molar-refractivity contribution in [3.05, 3.63) is 57.9 Å². The van der Waals surface area contributed by atoms with Crippen LogP contribution in [0.25, 0.3) is 0 Å². The third-order valence-corrected chi connectivity index (χ3v) is 4.78. The highest BCUT2D eigenvalue weighted by Gasteiger charge is 2.44. The average Bonchev–Trinajstić information content (AvgIpc) is 3.24. The van der Waals surface area contributed by atoms with Gasteiger partial charge in [0.1, 0.15) is 11.8 Å². The molecule has 5 nitrogen and oxygen atoms in total. The number of thiophene rings is 1. The molecule has 1 aliphatic heterocycles. The molecule has 2 aromatic rings. The monoisotopic (exact) mass is 345 g/mol. The molecule has 0 saturated carbocycles. The van der Waals surface area contributed by atoms with E-state index in [0.29, 0.717) is 12.3 Å². The quantitative estimate of drug-likeness (QED) is 0.863. The summed E-state index contributed by atoms with van der Waals surface area (Å²) in [6, 6.07) is 6.58. The Labute approximate surface area is 144 Å². The highest BCUT2D eigenvalue weighted by atomic mass is 32.1. The first-order valence-corrected chi connectivity index (χ1v) is 8.70. The van der Waals surface area contributed by atoms with E-state index in [1.54, 1.807) is 12.1 Å². The van der Waals surface area contributed by atoms with Crippen LogP contribution in [0.4, 0.5) is 0 Å². The fraction of sp³-hybridized carbons (Fsp3) is 0.333. The summed E-state index contributed by atoms with van der Waals surface area (Å²) < 4.78 is 5.46. The van der Waals surface area contributed by atoms with Crippen LogP contribution in [0.3, 0.4) is 0 Å². The molecule has 6 heteroatoms. The Hall–Kier alpha value is -2.34. The van der Waals surface area contributed by atoms with Gasteiger partial charge in [-0.3, -0.25) is 9.59 Å². The number of aliphatic hydroxyl groups excluding tert-OH is 1. The number of Topliss-reactive ketones (excluding diaryl/α,β-unsaturated/α-hetero) is 1. The largest absolute Gasteiger partial charge is 0.503 e. The summed E-state index contributed by atoms with van der Waals surface area (Å²) in [6.07, 6.45) is 1.78. The zero-order valence-electron chi connectivity index (χ0n) is 13.6. The van der Waals surface area contributed by atoms with E-state index in [4.69, 9.17) is 4.42 Å². The molecule has 0 radical (unpaired) electrons. The van der Waals surface area contributed by atoms with Gasteiger partial charge in [-0.1, -0.05) is 19.9 Å². The second kappa shape index (κ2) is 6.65. The number of furan rings is 1. The Morgan fingerprint density at radius 3 is 2.75 bits per heavy atom. The number of hydrogen-bond acceptors (Lipinski definition) is 5. The van der Waals surface area contributed by atoms with Crippen LogP contribution in [0.5, 0.6) is 0 Å². The van der Waals surface area contributed by atoms with Crippen molar-refractivity contribution in [3.8, 4) is 0 Å². The number of ketones is 1. The van der Waals surface area contributed by atoms with E-state index in [2.05, 4.69) is 0 Å². The van der Waals surface area contributed by atoms with Crippen molar-refractivity contribution in [1.82, 2.24) is 4.90 Å². The summed E-state index contributed by atoms with van der Waals surface area (Å²) in [5.41, 5.74) is 0.139. The molecule has 1 atom stereocenters. The number of carbonyl (C=O) groups is 2. The molecule has 2 aromatic heterocycles. The predicted octanol–water partition coefficient (Wildman–Crippen LogP) is 3.85. The molecular formula is C18H19NO4S. The summed E-state index contributed by atoms with van der Waals surface area (Å²) in [4.78, 5) is 27.7. The molecule has 3 heterocycles. The van der Waals surface area contributed by atoms with Crippen molar-refractivity contribution in [1.29, 1.82) is 0 Å². The Balaban J connectivity index is 1.99. The zero-order chi connectivity index (χ0) is 17.3. The van der Waals surface area contributed by atoms with E-state index >= 15 is 0 Å². The predicted molar refractivity (Wildman–Crippen MR) is 90.4 cm³/mol. The van der Waals surface area contributed by atoms with E-state index in [1.165, 1.54) is 22.5 Å². The van der Waals surface area contributed by atoms with Crippen molar-refractivity contribution in [2.24, 2.45) is 5.92 Å². The maximum Gasteiger partial charge on any atom is 0.290 e. The summed E-state index contributed by atoms with van der Waals surface area (Å²) >= 11 is 1.52. The lowest BCUT2D eigenvalue weighted by Crippen LogP contribution is -2.30. The number of rotatable bonds is 6. The molecule has 0 bridgehead atoms. The Morgan fingerprint density at radius 1 is 1.38 bits per heavy atom. The summed E-state index contributed by atoms with van der Waals surface area (Å²) in [6.45, 7) is 4.18. The Bertz CT molecular complexity index is 759. The maximum atomic E-state index is 12.6. The summed E-state index contributed by atoms with van der Waals surface area (Å²) in [5.74, 6) is -0.589. The van der Waals surface area contributed by atoms with Gasteiger partial charge in [0, 0.05) is 11.3 Å².